The number of fused-ring (bicyclic) bond motifs is 1. The lowest BCUT2D eigenvalue weighted by molar-refractivity contribution is 0.412. The van der Waals surface area contributed by atoms with Crippen LogP contribution in [0.15, 0.2) is 87.3 Å². The van der Waals surface area contributed by atoms with Gasteiger partial charge in [-0.25, -0.2) is 12.8 Å². The molecular weight excluding hydrogens is 487 g/mol. The zero-order valence-corrected chi connectivity index (χ0v) is 19.9. The molecular formula is C25H19FN4O5S. The summed E-state index contributed by atoms with van der Waals surface area (Å²) >= 11 is 0. The minimum Gasteiger partial charge on any atom is -0.495 e. The van der Waals surface area contributed by atoms with Crippen LogP contribution in [0.25, 0.3) is 27.7 Å². The number of aromatic nitrogens is 3. The number of hydrogen-bond acceptors (Lipinski definition) is 7. The third-order valence-corrected chi connectivity index (χ3v) is 6.92. The zero-order chi connectivity index (χ0) is 25.4. The molecule has 0 saturated carbocycles. The van der Waals surface area contributed by atoms with Crippen molar-refractivity contribution in [2.45, 2.75) is 11.8 Å². The third-order valence-electron chi connectivity index (χ3n) is 5.57. The molecule has 0 spiro atoms. The number of methoxy groups -OCH3 is 1. The smallest absolute Gasteiger partial charge is 0.263 e. The summed E-state index contributed by atoms with van der Waals surface area (Å²) in [5.74, 6) is -0.263. The van der Waals surface area contributed by atoms with Crippen LogP contribution in [-0.2, 0) is 10.0 Å². The lowest BCUT2D eigenvalue weighted by Crippen LogP contribution is -2.19. The van der Waals surface area contributed by atoms with Crippen molar-refractivity contribution in [3.8, 4) is 22.6 Å². The summed E-state index contributed by atoms with van der Waals surface area (Å²) in [6.07, 6.45) is 2.83. The van der Waals surface area contributed by atoms with Gasteiger partial charge in [0.25, 0.3) is 15.6 Å². The van der Waals surface area contributed by atoms with Gasteiger partial charge in [-0.3, -0.25) is 19.1 Å². The molecule has 0 aliphatic carbocycles. The Morgan fingerprint density at radius 2 is 1.89 bits per heavy atom. The van der Waals surface area contributed by atoms with E-state index in [1.807, 2.05) is 0 Å². The van der Waals surface area contributed by atoms with Gasteiger partial charge in [0.2, 0.25) is 0 Å². The van der Waals surface area contributed by atoms with Gasteiger partial charge in [0.1, 0.15) is 17.8 Å². The van der Waals surface area contributed by atoms with Crippen LogP contribution in [0.2, 0.25) is 0 Å². The number of sulfonamides is 1. The number of aryl methyl sites for hydroxylation is 1. The molecule has 5 aromatic rings. The number of hydrogen-bond donors (Lipinski definition) is 1. The SMILES string of the molecule is COc1cc(-c2ccnc(C)c2)c(F)cc1-n1c(=O)ccc2cc(S(=O)(=O)Nc3ccon3)ccc21. The van der Waals surface area contributed by atoms with Crippen LogP contribution >= 0.6 is 0 Å². The summed E-state index contributed by atoms with van der Waals surface area (Å²) in [6, 6.07) is 14.6. The van der Waals surface area contributed by atoms with E-state index >= 15 is 4.39 Å². The maximum absolute atomic E-state index is 15.3. The highest BCUT2D eigenvalue weighted by atomic mass is 32.2. The van der Waals surface area contributed by atoms with Crippen molar-refractivity contribution in [1.82, 2.24) is 14.7 Å². The van der Waals surface area contributed by atoms with Gasteiger partial charge in [0.05, 0.1) is 23.2 Å². The average Bonchev–Trinajstić information content (AvgIpc) is 3.36. The van der Waals surface area contributed by atoms with Gasteiger partial charge in [-0.1, -0.05) is 5.16 Å². The second kappa shape index (κ2) is 8.93. The first-order valence-corrected chi connectivity index (χ1v) is 12.1. The van der Waals surface area contributed by atoms with Gasteiger partial charge < -0.3 is 9.26 Å². The van der Waals surface area contributed by atoms with E-state index in [0.29, 0.717) is 22.0 Å². The summed E-state index contributed by atoms with van der Waals surface area (Å²) in [7, 11) is -2.55. The number of halogens is 1. The molecule has 0 saturated heterocycles. The molecule has 2 aromatic carbocycles. The molecule has 182 valence electrons. The first-order chi connectivity index (χ1) is 17.3. The average molecular weight is 507 g/mol. The fourth-order valence-corrected chi connectivity index (χ4v) is 4.94. The molecule has 11 heteroatoms. The van der Waals surface area contributed by atoms with Crippen LogP contribution in [0.3, 0.4) is 0 Å². The molecule has 3 aromatic heterocycles. The summed E-state index contributed by atoms with van der Waals surface area (Å²) < 4.78 is 54.6. The van der Waals surface area contributed by atoms with Crippen molar-refractivity contribution in [3.63, 3.8) is 0 Å². The lowest BCUT2D eigenvalue weighted by atomic mass is 10.0. The maximum atomic E-state index is 15.3. The van der Waals surface area contributed by atoms with E-state index in [1.54, 1.807) is 25.3 Å². The Hall–Kier alpha value is -4.51. The van der Waals surface area contributed by atoms with E-state index < -0.39 is 21.4 Å². The molecule has 3 heterocycles. The zero-order valence-electron chi connectivity index (χ0n) is 19.1. The molecule has 0 atom stereocenters. The molecule has 0 radical (unpaired) electrons. The van der Waals surface area contributed by atoms with Gasteiger partial charge in [0.15, 0.2) is 5.82 Å². The number of pyridine rings is 2. The number of nitrogens with zero attached hydrogens (tertiary/aromatic N) is 3. The van der Waals surface area contributed by atoms with Crippen molar-refractivity contribution < 1.29 is 22.1 Å². The lowest BCUT2D eigenvalue weighted by Gasteiger charge is -2.16. The van der Waals surface area contributed by atoms with Crippen LogP contribution < -0.4 is 15.0 Å². The Morgan fingerprint density at radius 3 is 2.61 bits per heavy atom. The molecule has 0 unspecified atom stereocenters. The minimum absolute atomic E-state index is 0.0322. The van der Waals surface area contributed by atoms with Crippen molar-refractivity contribution in [1.29, 1.82) is 0 Å². The summed E-state index contributed by atoms with van der Waals surface area (Å²) in [6.45, 7) is 1.80. The Morgan fingerprint density at radius 1 is 1.06 bits per heavy atom. The quantitative estimate of drug-likeness (QED) is 0.365. The van der Waals surface area contributed by atoms with Crippen LogP contribution in [-0.4, -0.2) is 30.2 Å². The van der Waals surface area contributed by atoms with Crippen LogP contribution in [0.4, 0.5) is 10.2 Å². The highest BCUT2D eigenvalue weighted by Crippen LogP contribution is 2.33. The molecule has 5 rings (SSSR count). The fourth-order valence-electron chi connectivity index (χ4n) is 3.92. The number of benzene rings is 2. The molecule has 36 heavy (non-hydrogen) atoms. The molecule has 0 bridgehead atoms. The number of anilines is 1. The molecule has 9 nitrogen and oxygen atoms in total. The molecule has 0 aliphatic heterocycles. The summed E-state index contributed by atoms with van der Waals surface area (Å²) in [5.41, 5.74) is 1.74. The summed E-state index contributed by atoms with van der Waals surface area (Å²) in [5, 5.41) is 3.99. The molecule has 0 amide bonds. The largest absolute Gasteiger partial charge is 0.495 e. The molecule has 0 fully saturated rings. The van der Waals surface area contributed by atoms with E-state index in [1.165, 1.54) is 66.5 Å². The normalized spacial score (nSPS) is 11.5. The van der Waals surface area contributed by atoms with E-state index in [9.17, 15) is 13.2 Å². The van der Waals surface area contributed by atoms with Crippen LogP contribution in [0.5, 0.6) is 5.75 Å². The standard InChI is InChI=1S/C25H19FN4O5S/c1-15-11-16(7-9-27-15)19-13-23(34-2)22(14-20(19)26)30-21-5-4-18(12-17(21)3-6-25(30)31)36(32,33)29-24-8-10-35-28-24/h3-14H,1-2H3,(H,28,29). The van der Waals surface area contributed by atoms with Gasteiger partial charge in [0, 0.05) is 41.0 Å². The predicted molar refractivity (Wildman–Crippen MR) is 131 cm³/mol. The van der Waals surface area contributed by atoms with Crippen molar-refractivity contribution in [3.05, 3.63) is 95.0 Å². The van der Waals surface area contributed by atoms with Gasteiger partial charge >= 0.3 is 0 Å². The topological polar surface area (TPSA) is 116 Å². The number of rotatable bonds is 6. The van der Waals surface area contributed by atoms with E-state index in [-0.39, 0.29) is 22.2 Å². The predicted octanol–water partition coefficient (Wildman–Crippen LogP) is 4.30. The first kappa shape index (κ1) is 23.2. The van der Waals surface area contributed by atoms with Crippen molar-refractivity contribution in [2.24, 2.45) is 0 Å². The maximum Gasteiger partial charge on any atom is 0.263 e. The van der Waals surface area contributed by atoms with Gasteiger partial charge in [-0.15, -0.1) is 0 Å². The van der Waals surface area contributed by atoms with E-state index in [2.05, 4.69) is 19.4 Å². The Balaban J connectivity index is 1.65. The van der Waals surface area contributed by atoms with E-state index in [0.717, 1.165) is 5.69 Å². The molecule has 0 aliphatic rings. The Labute approximate surface area is 204 Å². The van der Waals surface area contributed by atoms with Gasteiger partial charge in [-0.05, 0) is 55.0 Å². The van der Waals surface area contributed by atoms with Gasteiger partial charge in [-0.2, -0.15) is 0 Å². The second-order valence-electron chi connectivity index (χ2n) is 7.91. The van der Waals surface area contributed by atoms with E-state index in [4.69, 9.17) is 4.74 Å². The van der Waals surface area contributed by atoms with Crippen molar-refractivity contribution in [2.75, 3.05) is 11.8 Å². The van der Waals surface area contributed by atoms with Crippen molar-refractivity contribution >= 4 is 26.7 Å². The first-order valence-electron chi connectivity index (χ1n) is 10.7. The summed E-state index contributed by atoms with van der Waals surface area (Å²) in [4.78, 5) is 17.0. The number of ether oxygens (including phenoxy) is 1. The highest BCUT2D eigenvalue weighted by molar-refractivity contribution is 7.92. The van der Waals surface area contributed by atoms with Crippen LogP contribution in [0, 0.1) is 12.7 Å². The van der Waals surface area contributed by atoms with Crippen LogP contribution in [0.1, 0.15) is 5.69 Å². The Kier molecular flexibility index (Phi) is 5.77. The molecule has 1 N–H and O–H groups in total. The fraction of sp³-hybridized carbons (Fsp3) is 0.0800. The third kappa shape index (κ3) is 4.20. The minimum atomic E-state index is -3.97. The monoisotopic (exact) mass is 506 g/mol. The Bertz CT molecular complexity index is 1770. The number of nitrogens with one attached hydrogen (secondary N) is 1. The highest BCUT2D eigenvalue weighted by Gasteiger charge is 2.20. The second-order valence-corrected chi connectivity index (χ2v) is 9.59.